The molecule has 18 heavy (non-hydrogen) atoms. The summed E-state index contributed by atoms with van der Waals surface area (Å²) < 4.78 is 0. The van der Waals surface area contributed by atoms with Gasteiger partial charge in [-0.1, -0.05) is 0 Å². The molecule has 0 amide bonds. The Kier molecular flexibility index (Phi) is 4.76. The smallest absolute Gasteiger partial charge is 0.0900 e. The van der Waals surface area contributed by atoms with Crippen molar-refractivity contribution in [3.05, 3.63) is 15.6 Å². The monoisotopic (exact) mass is 267 g/mol. The van der Waals surface area contributed by atoms with E-state index in [-0.39, 0.29) is 0 Å². The van der Waals surface area contributed by atoms with E-state index in [9.17, 15) is 0 Å². The topological polar surface area (TPSA) is 42.2 Å². The molecule has 102 valence electrons. The van der Waals surface area contributed by atoms with Crippen molar-refractivity contribution in [1.82, 2.24) is 9.88 Å². The van der Waals surface area contributed by atoms with E-state index in [0.717, 1.165) is 12.5 Å². The number of hydrogen-bond donors (Lipinski definition) is 1. The number of thiazole rings is 1. The first-order valence-corrected chi connectivity index (χ1v) is 7.81. The molecule has 0 aromatic carbocycles. The maximum absolute atomic E-state index is 5.69. The highest BCUT2D eigenvalue weighted by Crippen LogP contribution is 2.32. The number of nitrogens with two attached hydrogens (primary N) is 1. The SMILES string of the molecule is Cc1nc(C)c(C(C)N2CCCC(CCN)C2)s1. The van der Waals surface area contributed by atoms with Crippen molar-refractivity contribution < 1.29 is 0 Å². The predicted octanol–water partition coefficient (Wildman–Crippen LogP) is 2.88. The van der Waals surface area contributed by atoms with E-state index < -0.39 is 0 Å². The van der Waals surface area contributed by atoms with Gasteiger partial charge in [0.15, 0.2) is 0 Å². The standard InChI is InChI=1S/C14H25N3S/c1-10-14(18-12(3)16-10)11(2)17-8-4-5-13(9-17)6-7-15/h11,13H,4-9,15H2,1-3H3. The van der Waals surface area contributed by atoms with Crippen molar-refractivity contribution in [2.75, 3.05) is 19.6 Å². The zero-order valence-corrected chi connectivity index (χ0v) is 12.6. The quantitative estimate of drug-likeness (QED) is 0.912. The third-order valence-electron chi connectivity index (χ3n) is 3.99. The molecule has 3 nitrogen and oxygen atoms in total. The summed E-state index contributed by atoms with van der Waals surface area (Å²) in [5, 5.41) is 1.19. The van der Waals surface area contributed by atoms with E-state index in [1.807, 2.05) is 11.3 Å². The minimum atomic E-state index is 0.511. The summed E-state index contributed by atoms with van der Waals surface area (Å²) in [4.78, 5) is 8.61. The number of piperidine rings is 1. The van der Waals surface area contributed by atoms with Gasteiger partial charge in [-0.25, -0.2) is 4.98 Å². The second-order valence-electron chi connectivity index (χ2n) is 5.44. The van der Waals surface area contributed by atoms with Gasteiger partial charge in [0, 0.05) is 17.5 Å². The summed E-state index contributed by atoms with van der Waals surface area (Å²) in [7, 11) is 0. The van der Waals surface area contributed by atoms with Crippen molar-refractivity contribution in [1.29, 1.82) is 0 Å². The van der Waals surface area contributed by atoms with Gasteiger partial charge in [0.05, 0.1) is 10.7 Å². The molecule has 2 rings (SSSR count). The fourth-order valence-electron chi connectivity index (χ4n) is 3.02. The molecule has 2 unspecified atom stereocenters. The van der Waals surface area contributed by atoms with Gasteiger partial charge in [-0.15, -0.1) is 11.3 Å². The lowest BCUT2D eigenvalue weighted by atomic mass is 9.93. The van der Waals surface area contributed by atoms with Gasteiger partial charge in [0.1, 0.15) is 0 Å². The van der Waals surface area contributed by atoms with E-state index in [0.29, 0.717) is 6.04 Å². The van der Waals surface area contributed by atoms with Crippen molar-refractivity contribution in [3.8, 4) is 0 Å². The highest BCUT2D eigenvalue weighted by molar-refractivity contribution is 7.11. The first-order valence-electron chi connectivity index (χ1n) is 7.00. The van der Waals surface area contributed by atoms with Crippen LogP contribution >= 0.6 is 11.3 Å². The molecule has 2 N–H and O–H groups in total. The molecule has 1 fully saturated rings. The molecule has 2 atom stereocenters. The van der Waals surface area contributed by atoms with Crippen LogP contribution in [0.2, 0.25) is 0 Å². The molecular weight excluding hydrogens is 242 g/mol. The Hall–Kier alpha value is -0.450. The predicted molar refractivity (Wildman–Crippen MR) is 78.0 cm³/mol. The number of likely N-dealkylation sites (tertiary alicyclic amines) is 1. The molecule has 0 saturated carbocycles. The number of aryl methyl sites for hydroxylation is 2. The summed E-state index contributed by atoms with van der Waals surface area (Å²) >= 11 is 1.85. The summed E-state index contributed by atoms with van der Waals surface area (Å²) in [6, 6.07) is 0.511. The minimum Gasteiger partial charge on any atom is -0.330 e. The van der Waals surface area contributed by atoms with Crippen molar-refractivity contribution in [2.45, 2.75) is 46.1 Å². The van der Waals surface area contributed by atoms with Crippen LogP contribution in [-0.2, 0) is 0 Å². The number of nitrogens with zero attached hydrogens (tertiary/aromatic N) is 2. The van der Waals surface area contributed by atoms with Crippen LogP contribution in [0.4, 0.5) is 0 Å². The fraction of sp³-hybridized carbons (Fsp3) is 0.786. The first kappa shape index (κ1) is 14.0. The number of aromatic nitrogens is 1. The third kappa shape index (κ3) is 3.11. The Morgan fingerprint density at radius 3 is 2.89 bits per heavy atom. The molecule has 4 heteroatoms. The van der Waals surface area contributed by atoms with Gasteiger partial charge >= 0.3 is 0 Å². The highest BCUT2D eigenvalue weighted by Gasteiger charge is 2.25. The first-order chi connectivity index (χ1) is 8.61. The maximum Gasteiger partial charge on any atom is 0.0900 e. The van der Waals surface area contributed by atoms with Crippen LogP contribution in [0.3, 0.4) is 0 Å². The third-order valence-corrected chi connectivity index (χ3v) is 5.24. The molecular formula is C14H25N3S. The van der Waals surface area contributed by atoms with Crippen LogP contribution in [0.25, 0.3) is 0 Å². The van der Waals surface area contributed by atoms with Gasteiger partial charge < -0.3 is 5.73 Å². The molecule has 1 aliphatic heterocycles. The van der Waals surface area contributed by atoms with Crippen LogP contribution in [0, 0.1) is 19.8 Å². The average molecular weight is 267 g/mol. The Balaban J connectivity index is 2.04. The van der Waals surface area contributed by atoms with E-state index in [2.05, 4.69) is 30.7 Å². The lowest BCUT2D eigenvalue weighted by Gasteiger charge is -2.36. The summed E-state index contributed by atoms with van der Waals surface area (Å²) in [6.07, 6.45) is 3.83. The summed E-state index contributed by atoms with van der Waals surface area (Å²) in [5.41, 5.74) is 6.91. The van der Waals surface area contributed by atoms with Gasteiger partial charge in [-0.05, 0) is 59.0 Å². The largest absolute Gasteiger partial charge is 0.330 e. The molecule has 1 saturated heterocycles. The van der Waals surface area contributed by atoms with Crippen LogP contribution < -0.4 is 5.73 Å². The zero-order chi connectivity index (χ0) is 13.1. The normalized spacial score (nSPS) is 23.2. The summed E-state index contributed by atoms with van der Waals surface area (Å²) in [6.45, 7) is 9.81. The van der Waals surface area contributed by atoms with Crippen molar-refractivity contribution >= 4 is 11.3 Å². The zero-order valence-electron chi connectivity index (χ0n) is 11.8. The number of hydrogen-bond acceptors (Lipinski definition) is 4. The molecule has 2 heterocycles. The van der Waals surface area contributed by atoms with E-state index in [4.69, 9.17) is 5.73 Å². The van der Waals surface area contributed by atoms with E-state index >= 15 is 0 Å². The second-order valence-corrected chi connectivity index (χ2v) is 6.67. The van der Waals surface area contributed by atoms with Crippen LogP contribution in [0.5, 0.6) is 0 Å². The Labute approximate surface area is 114 Å². The molecule has 1 aliphatic rings. The molecule has 0 spiro atoms. The maximum atomic E-state index is 5.69. The molecule has 0 aliphatic carbocycles. The fourth-order valence-corrected chi connectivity index (χ4v) is 4.03. The second kappa shape index (κ2) is 6.13. The molecule has 1 aromatic rings. The Morgan fingerprint density at radius 1 is 1.50 bits per heavy atom. The number of rotatable bonds is 4. The van der Waals surface area contributed by atoms with Crippen LogP contribution in [0.1, 0.15) is 47.8 Å². The highest BCUT2D eigenvalue weighted by atomic mass is 32.1. The molecule has 0 radical (unpaired) electrons. The molecule has 0 bridgehead atoms. The van der Waals surface area contributed by atoms with E-state index in [1.165, 1.54) is 47.9 Å². The van der Waals surface area contributed by atoms with Crippen molar-refractivity contribution in [3.63, 3.8) is 0 Å². The van der Waals surface area contributed by atoms with Crippen LogP contribution in [-0.4, -0.2) is 29.5 Å². The van der Waals surface area contributed by atoms with Gasteiger partial charge in [0.2, 0.25) is 0 Å². The Bertz CT molecular complexity index is 386. The minimum absolute atomic E-state index is 0.511. The van der Waals surface area contributed by atoms with Gasteiger partial charge in [0.25, 0.3) is 0 Å². The average Bonchev–Trinajstić information content (AvgIpc) is 2.68. The van der Waals surface area contributed by atoms with Gasteiger partial charge in [-0.2, -0.15) is 0 Å². The van der Waals surface area contributed by atoms with Gasteiger partial charge in [-0.3, -0.25) is 4.90 Å². The summed E-state index contributed by atoms with van der Waals surface area (Å²) in [5.74, 6) is 0.792. The van der Waals surface area contributed by atoms with E-state index in [1.54, 1.807) is 0 Å². The lowest BCUT2D eigenvalue weighted by Crippen LogP contribution is -2.37. The lowest BCUT2D eigenvalue weighted by molar-refractivity contribution is 0.129. The molecule has 1 aromatic heterocycles. The Morgan fingerprint density at radius 2 is 2.28 bits per heavy atom. The van der Waals surface area contributed by atoms with Crippen molar-refractivity contribution in [2.24, 2.45) is 11.7 Å². The van der Waals surface area contributed by atoms with Crippen LogP contribution in [0.15, 0.2) is 0 Å².